The molecular weight excluding hydrogens is 380 g/mol. The Morgan fingerprint density at radius 3 is 2.45 bits per heavy atom. The van der Waals surface area contributed by atoms with Gasteiger partial charge in [-0.25, -0.2) is 4.57 Å². The third-order valence-corrected chi connectivity index (χ3v) is 5.01. The van der Waals surface area contributed by atoms with Gasteiger partial charge in [-0.15, -0.1) is 0 Å². The molecule has 0 atom stereocenters. The smallest absolute Gasteiger partial charge is 0.323 e. The minimum atomic E-state index is 0. The van der Waals surface area contributed by atoms with Gasteiger partial charge in [-0.3, -0.25) is 0 Å². The molecule has 0 saturated heterocycles. The summed E-state index contributed by atoms with van der Waals surface area (Å²) in [5.74, 6) is 1.13. The van der Waals surface area contributed by atoms with Crippen LogP contribution in [0.2, 0.25) is 5.02 Å². The van der Waals surface area contributed by atoms with E-state index in [2.05, 4.69) is 51.7 Å². The quantitative estimate of drug-likeness (QED) is 0.594. The van der Waals surface area contributed by atoms with Gasteiger partial charge in [-0.1, -0.05) is 29.8 Å². The summed E-state index contributed by atoms with van der Waals surface area (Å²) < 4.78 is 4.67. The Bertz CT molecular complexity index is 784. The fraction of sp³-hybridized carbons (Fsp3) is 0.118. The second-order valence-electron chi connectivity index (χ2n) is 5.01. The van der Waals surface area contributed by atoms with Gasteiger partial charge in [0, 0.05) is 16.3 Å². The standard InChI is InChI=1S/C17H14ClN2S.BrH/c18-14-8-6-13(7-9-14)16-12-20(15-4-2-1-3-5-15)17-19(16)10-11-21-17;/h1-9,12H,10-11H2;1H/q+1;/p-1. The van der Waals surface area contributed by atoms with Crippen molar-refractivity contribution in [3.05, 3.63) is 65.8 Å². The van der Waals surface area contributed by atoms with Crippen LogP contribution < -0.4 is 21.5 Å². The van der Waals surface area contributed by atoms with Crippen LogP contribution >= 0.6 is 23.4 Å². The number of benzene rings is 2. The first-order valence-corrected chi connectivity index (χ1v) is 8.28. The zero-order chi connectivity index (χ0) is 14.2. The molecule has 0 bridgehead atoms. The van der Waals surface area contributed by atoms with Gasteiger partial charge in [0.1, 0.15) is 18.4 Å². The zero-order valence-corrected chi connectivity index (χ0v) is 14.9. The molecule has 0 spiro atoms. The van der Waals surface area contributed by atoms with Crippen molar-refractivity contribution in [2.45, 2.75) is 11.7 Å². The maximum Gasteiger partial charge on any atom is 0.323 e. The number of hydrogen-bond donors (Lipinski definition) is 0. The summed E-state index contributed by atoms with van der Waals surface area (Å²) in [5, 5.41) is 2.07. The first kappa shape index (κ1) is 15.7. The maximum absolute atomic E-state index is 6.00. The third-order valence-electron chi connectivity index (χ3n) is 3.70. The van der Waals surface area contributed by atoms with Gasteiger partial charge in [-0.05, 0) is 48.2 Å². The molecule has 22 heavy (non-hydrogen) atoms. The summed E-state index contributed by atoms with van der Waals surface area (Å²) >= 11 is 7.91. The lowest BCUT2D eigenvalue weighted by Gasteiger charge is -1.98. The molecule has 1 aliphatic heterocycles. The third kappa shape index (κ3) is 2.71. The second-order valence-corrected chi connectivity index (χ2v) is 6.51. The van der Waals surface area contributed by atoms with Crippen molar-refractivity contribution >= 4 is 23.4 Å². The topological polar surface area (TPSA) is 8.81 Å². The Labute approximate surface area is 149 Å². The lowest BCUT2D eigenvalue weighted by atomic mass is 10.1. The average molecular weight is 394 g/mol. The molecule has 5 heteroatoms. The van der Waals surface area contributed by atoms with E-state index in [1.165, 1.54) is 22.1 Å². The number of para-hydroxylation sites is 1. The summed E-state index contributed by atoms with van der Waals surface area (Å²) in [6.07, 6.45) is 2.22. The highest BCUT2D eigenvalue weighted by molar-refractivity contribution is 7.99. The molecule has 112 valence electrons. The van der Waals surface area contributed by atoms with Crippen LogP contribution in [0.5, 0.6) is 0 Å². The van der Waals surface area contributed by atoms with Crippen molar-refractivity contribution in [2.75, 3.05) is 5.75 Å². The summed E-state index contributed by atoms with van der Waals surface area (Å²) in [6.45, 7) is 1.05. The summed E-state index contributed by atoms with van der Waals surface area (Å²) in [6, 6.07) is 18.6. The van der Waals surface area contributed by atoms with Crippen LogP contribution in [-0.2, 0) is 6.54 Å². The molecular formula is C17H14BrClN2S. The molecule has 4 rings (SSSR count). The van der Waals surface area contributed by atoms with Crippen molar-refractivity contribution in [3.8, 4) is 16.9 Å². The largest absolute Gasteiger partial charge is 1.00 e. The number of nitrogens with zero attached hydrogens (tertiary/aromatic N) is 2. The molecule has 0 unspecified atom stereocenters. The molecule has 2 aromatic carbocycles. The fourth-order valence-electron chi connectivity index (χ4n) is 2.70. The van der Waals surface area contributed by atoms with E-state index in [-0.39, 0.29) is 17.0 Å². The minimum absolute atomic E-state index is 0. The van der Waals surface area contributed by atoms with Crippen molar-refractivity contribution in [3.63, 3.8) is 0 Å². The Morgan fingerprint density at radius 1 is 1.00 bits per heavy atom. The Kier molecular flexibility index (Phi) is 4.62. The maximum atomic E-state index is 6.00. The van der Waals surface area contributed by atoms with Gasteiger partial charge in [0.05, 0.1) is 0 Å². The lowest BCUT2D eigenvalue weighted by Crippen LogP contribution is -3.00. The molecule has 1 aromatic heterocycles. The number of thioether (sulfide) groups is 1. The normalized spacial score (nSPS) is 12.8. The molecule has 3 aromatic rings. The highest BCUT2D eigenvalue weighted by Crippen LogP contribution is 2.29. The fourth-order valence-corrected chi connectivity index (χ4v) is 3.92. The highest BCUT2D eigenvalue weighted by atomic mass is 79.9. The van der Waals surface area contributed by atoms with Crippen LogP contribution in [0.1, 0.15) is 0 Å². The molecule has 0 aliphatic carbocycles. The van der Waals surface area contributed by atoms with Crippen LogP contribution in [0.4, 0.5) is 0 Å². The van der Waals surface area contributed by atoms with E-state index in [1.54, 1.807) is 0 Å². The van der Waals surface area contributed by atoms with E-state index in [9.17, 15) is 0 Å². The lowest BCUT2D eigenvalue weighted by molar-refractivity contribution is -0.713. The van der Waals surface area contributed by atoms with Crippen LogP contribution in [0, 0.1) is 0 Å². The molecule has 0 saturated carbocycles. The molecule has 0 amide bonds. The van der Waals surface area contributed by atoms with Crippen molar-refractivity contribution in [2.24, 2.45) is 0 Å². The number of halogens is 2. The van der Waals surface area contributed by atoms with Crippen LogP contribution in [0.15, 0.2) is 66.0 Å². The Hall–Kier alpha value is -1.23. The highest BCUT2D eigenvalue weighted by Gasteiger charge is 2.30. The number of aromatic nitrogens is 2. The average Bonchev–Trinajstić information content (AvgIpc) is 3.11. The van der Waals surface area contributed by atoms with E-state index in [4.69, 9.17) is 11.6 Å². The molecule has 0 fully saturated rings. The molecule has 0 N–H and O–H groups in total. The minimum Gasteiger partial charge on any atom is -1.00 e. The van der Waals surface area contributed by atoms with Gasteiger partial charge in [-0.2, -0.15) is 4.57 Å². The Morgan fingerprint density at radius 2 is 1.73 bits per heavy atom. The van der Waals surface area contributed by atoms with Gasteiger partial charge in [0.2, 0.25) is 0 Å². The number of imidazole rings is 1. The number of rotatable bonds is 2. The van der Waals surface area contributed by atoms with Crippen molar-refractivity contribution in [1.29, 1.82) is 0 Å². The number of fused-ring (bicyclic) bond motifs is 1. The van der Waals surface area contributed by atoms with E-state index < -0.39 is 0 Å². The first-order valence-electron chi connectivity index (χ1n) is 6.92. The van der Waals surface area contributed by atoms with E-state index in [0.29, 0.717) is 0 Å². The van der Waals surface area contributed by atoms with Gasteiger partial charge in [0.15, 0.2) is 5.69 Å². The predicted molar refractivity (Wildman–Crippen MR) is 87.1 cm³/mol. The van der Waals surface area contributed by atoms with E-state index in [1.807, 2.05) is 30.0 Å². The summed E-state index contributed by atoms with van der Waals surface area (Å²) in [5.41, 5.74) is 3.66. The summed E-state index contributed by atoms with van der Waals surface area (Å²) in [4.78, 5) is 0. The Balaban J connectivity index is 0.00000144. The van der Waals surface area contributed by atoms with Crippen LogP contribution in [0.3, 0.4) is 0 Å². The van der Waals surface area contributed by atoms with Crippen LogP contribution in [-0.4, -0.2) is 10.3 Å². The van der Waals surface area contributed by atoms with E-state index in [0.717, 1.165) is 17.3 Å². The predicted octanol–water partition coefficient (Wildman–Crippen LogP) is 1.19. The second kappa shape index (κ2) is 6.49. The molecule has 2 heterocycles. The molecule has 1 aliphatic rings. The summed E-state index contributed by atoms with van der Waals surface area (Å²) in [7, 11) is 0. The molecule has 2 nitrogen and oxygen atoms in total. The van der Waals surface area contributed by atoms with Crippen molar-refractivity contribution < 1.29 is 21.5 Å². The van der Waals surface area contributed by atoms with E-state index >= 15 is 0 Å². The van der Waals surface area contributed by atoms with Crippen molar-refractivity contribution in [1.82, 2.24) is 4.57 Å². The van der Waals surface area contributed by atoms with Crippen LogP contribution in [0.25, 0.3) is 16.9 Å². The van der Waals surface area contributed by atoms with Gasteiger partial charge < -0.3 is 17.0 Å². The SMILES string of the molecule is Clc1ccc(-c2cn(-c3ccccc3)c3[n+]2CCS3)cc1.[Br-]. The zero-order valence-electron chi connectivity index (χ0n) is 11.7. The van der Waals surface area contributed by atoms with Gasteiger partial charge >= 0.3 is 5.16 Å². The van der Waals surface area contributed by atoms with Gasteiger partial charge in [0.25, 0.3) is 0 Å². The molecule has 0 radical (unpaired) electrons. The monoisotopic (exact) mass is 392 g/mol. The number of hydrogen-bond acceptors (Lipinski definition) is 1. The first-order chi connectivity index (χ1) is 10.3.